The van der Waals surface area contributed by atoms with Crippen molar-refractivity contribution in [3.05, 3.63) is 53.3 Å². The molecule has 98 valence electrons. The maximum absolute atomic E-state index is 6.12. The molecule has 0 amide bonds. The molecule has 0 saturated carbocycles. The SMILES string of the molecule is Cc1ccc2n1-c1ccccc1CN1CC(C)OC21. The predicted octanol–water partition coefficient (Wildman–Crippen LogP) is 3.02. The van der Waals surface area contributed by atoms with Crippen molar-refractivity contribution in [3.63, 3.8) is 0 Å². The van der Waals surface area contributed by atoms with Gasteiger partial charge in [-0.1, -0.05) is 18.2 Å². The number of aryl methyl sites for hydroxylation is 1. The Balaban J connectivity index is 1.96. The molecule has 0 bridgehead atoms. The van der Waals surface area contributed by atoms with Crippen LogP contribution >= 0.6 is 0 Å². The molecular formula is C16H18N2O. The Morgan fingerprint density at radius 3 is 2.89 bits per heavy atom. The summed E-state index contributed by atoms with van der Waals surface area (Å²) in [7, 11) is 0. The zero-order valence-corrected chi connectivity index (χ0v) is 11.3. The van der Waals surface area contributed by atoms with Crippen LogP contribution in [0.1, 0.15) is 30.1 Å². The minimum Gasteiger partial charge on any atom is -0.353 e. The average molecular weight is 254 g/mol. The highest BCUT2D eigenvalue weighted by Crippen LogP contribution is 2.38. The van der Waals surface area contributed by atoms with Gasteiger partial charge < -0.3 is 9.30 Å². The molecule has 2 aromatic rings. The van der Waals surface area contributed by atoms with Crippen LogP contribution in [-0.4, -0.2) is 22.1 Å². The van der Waals surface area contributed by atoms with Crippen LogP contribution in [-0.2, 0) is 11.3 Å². The topological polar surface area (TPSA) is 17.4 Å². The molecule has 1 aromatic heterocycles. The third kappa shape index (κ3) is 1.58. The molecule has 4 rings (SSSR count). The van der Waals surface area contributed by atoms with E-state index >= 15 is 0 Å². The zero-order chi connectivity index (χ0) is 13.0. The van der Waals surface area contributed by atoms with Gasteiger partial charge in [0.05, 0.1) is 17.5 Å². The van der Waals surface area contributed by atoms with Gasteiger partial charge in [0.1, 0.15) is 0 Å². The highest BCUT2D eigenvalue weighted by molar-refractivity contribution is 5.46. The molecule has 1 saturated heterocycles. The van der Waals surface area contributed by atoms with E-state index in [1.54, 1.807) is 0 Å². The van der Waals surface area contributed by atoms with Gasteiger partial charge in [-0.3, -0.25) is 4.90 Å². The normalized spacial score (nSPS) is 25.6. The number of hydrogen-bond acceptors (Lipinski definition) is 2. The van der Waals surface area contributed by atoms with E-state index in [-0.39, 0.29) is 6.23 Å². The minimum atomic E-state index is 0.0936. The predicted molar refractivity (Wildman–Crippen MR) is 74.2 cm³/mol. The monoisotopic (exact) mass is 254 g/mol. The molecule has 2 unspecified atom stereocenters. The Labute approximate surface area is 113 Å². The number of benzene rings is 1. The van der Waals surface area contributed by atoms with Gasteiger partial charge in [-0.25, -0.2) is 0 Å². The first-order valence-electron chi connectivity index (χ1n) is 6.90. The Hall–Kier alpha value is -1.58. The van der Waals surface area contributed by atoms with E-state index in [4.69, 9.17) is 4.74 Å². The van der Waals surface area contributed by atoms with E-state index in [0.717, 1.165) is 13.1 Å². The summed E-state index contributed by atoms with van der Waals surface area (Å²) in [4.78, 5) is 2.43. The number of para-hydroxylation sites is 1. The van der Waals surface area contributed by atoms with Gasteiger partial charge in [-0.15, -0.1) is 0 Å². The second-order valence-corrected chi connectivity index (χ2v) is 5.59. The van der Waals surface area contributed by atoms with E-state index in [1.165, 1.54) is 22.6 Å². The molecular weight excluding hydrogens is 236 g/mol. The van der Waals surface area contributed by atoms with Gasteiger partial charge in [-0.2, -0.15) is 0 Å². The molecule has 0 N–H and O–H groups in total. The molecule has 2 aliphatic rings. The molecule has 2 atom stereocenters. The largest absolute Gasteiger partial charge is 0.353 e. The standard InChI is InChI=1S/C16H18N2O/c1-11-7-8-15-16-17(9-12(2)19-16)10-13-5-3-4-6-14(13)18(11)15/h3-8,12,16H,9-10H2,1-2H3. The highest BCUT2D eigenvalue weighted by Gasteiger charge is 2.36. The summed E-state index contributed by atoms with van der Waals surface area (Å²) < 4.78 is 8.47. The Morgan fingerprint density at radius 2 is 2.00 bits per heavy atom. The molecule has 0 radical (unpaired) electrons. The van der Waals surface area contributed by atoms with Crippen molar-refractivity contribution in [2.45, 2.75) is 32.7 Å². The molecule has 1 aromatic carbocycles. The fourth-order valence-corrected chi connectivity index (χ4v) is 3.34. The lowest BCUT2D eigenvalue weighted by molar-refractivity contribution is -0.000742. The van der Waals surface area contributed by atoms with Crippen LogP contribution in [0.3, 0.4) is 0 Å². The second kappa shape index (κ2) is 3.95. The third-order valence-electron chi connectivity index (χ3n) is 4.15. The fourth-order valence-electron chi connectivity index (χ4n) is 3.34. The van der Waals surface area contributed by atoms with Gasteiger partial charge in [0.15, 0.2) is 6.23 Å². The summed E-state index contributed by atoms with van der Waals surface area (Å²) in [6.45, 7) is 6.28. The van der Waals surface area contributed by atoms with E-state index in [9.17, 15) is 0 Å². The van der Waals surface area contributed by atoms with Gasteiger partial charge in [0.2, 0.25) is 0 Å². The van der Waals surface area contributed by atoms with Crippen LogP contribution in [0.25, 0.3) is 5.69 Å². The van der Waals surface area contributed by atoms with Crippen molar-refractivity contribution >= 4 is 0 Å². The average Bonchev–Trinajstić information content (AvgIpc) is 2.90. The Bertz CT molecular complexity index is 631. The van der Waals surface area contributed by atoms with Crippen molar-refractivity contribution in [1.29, 1.82) is 0 Å². The van der Waals surface area contributed by atoms with Crippen LogP contribution in [0.15, 0.2) is 36.4 Å². The summed E-state index contributed by atoms with van der Waals surface area (Å²) in [5.74, 6) is 0. The molecule has 2 aliphatic heterocycles. The van der Waals surface area contributed by atoms with Crippen LogP contribution < -0.4 is 0 Å². The first kappa shape index (κ1) is 11.3. The fraction of sp³-hybridized carbons (Fsp3) is 0.375. The van der Waals surface area contributed by atoms with E-state index in [0.29, 0.717) is 6.10 Å². The number of fused-ring (bicyclic) bond motifs is 5. The lowest BCUT2D eigenvalue weighted by atomic mass is 10.1. The zero-order valence-electron chi connectivity index (χ0n) is 11.3. The van der Waals surface area contributed by atoms with Crippen molar-refractivity contribution in [2.24, 2.45) is 0 Å². The lowest BCUT2D eigenvalue weighted by Crippen LogP contribution is -2.23. The van der Waals surface area contributed by atoms with Crippen LogP contribution in [0, 0.1) is 6.92 Å². The van der Waals surface area contributed by atoms with E-state index in [1.807, 2.05) is 0 Å². The van der Waals surface area contributed by atoms with E-state index in [2.05, 4.69) is 59.7 Å². The molecule has 3 heterocycles. The van der Waals surface area contributed by atoms with Crippen molar-refractivity contribution < 1.29 is 4.74 Å². The van der Waals surface area contributed by atoms with Gasteiger partial charge in [-0.05, 0) is 37.6 Å². The third-order valence-corrected chi connectivity index (χ3v) is 4.15. The smallest absolute Gasteiger partial charge is 0.152 e. The Morgan fingerprint density at radius 1 is 1.16 bits per heavy atom. The molecule has 19 heavy (non-hydrogen) atoms. The van der Waals surface area contributed by atoms with Crippen molar-refractivity contribution in [1.82, 2.24) is 9.47 Å². The first-order valence-corrected chi connectivity index (χ1v) is 6.90. The quantitative estimate of drug-likeness (QED) is 0.719. The van der Waals surface area contributed by atoms with Crippen LogP contribution in [0.4, 0.5) is 0 Å². The Kier molecular flexibility index (Phi) is 2.34. The molecule has 3 nitrogen and oxygen atoms in total. The van der Waals surface area contributed by atoms with Gasteiger partial charge >= 0.3 is 0 Å². The summed E-state index contributed by atoms with van der Waals surface area (Å²) in [6.07, 6.45) is 0.398. The van der Waals surface area contributed by atoms with E-state index < -0.39 is 0 Å². The van der Waals surface area contributed by atoms with Gasteiger partial charge in [0, 0.05) is 18.8 Å². The summed E-state index contributed by atoms with van der Waals surface area (Å²) in [5.41, 5.74) is 5.20. The molecule has 0 aliphatic carbocycles. The van der Waals surface area contributed by atoms with Crippen LogP contribution in [0.5, 0.6) is 0 Å². The number of hydrogen-bond donors (Lipinski definition) is 0. The summed E-state index contributed by atoms with van der Waals surface area (Å²) in [6, 6.07) is 13.1. The maximum atomic E-state index is 6.12. The molecule has 0 spiro atoms. The lowest BCUT2D eigenvalue weighted by Gasteiger charge is -2.19. The number of aromatic nitrogens is 1. The number of rotatable bonds is 0. The van der Waals surface area contributed by atoms with Crippen LogP contribution in [0.2, 0.25) is 0 Å². The highest BCUT2D eigenvalue weighted by atomic mass is 16.5. The molecule has 1 fully saturated rings. The summed E-state index contributed by atoms with van der Waals surface area (Å²) in [5, 5.41) is 0. The molecule has 3 heteroatoms. The summed E-state index contributed by atoms with van der Waals surface area (Å²) >= 11 is 0. The minimum absolute atomic E-state index is 0.0936. The van der Waals surface area contributed by atoms with Crippen molar-refractivity contribution in [3.8, 4) is 5.69 Å². The number of ether oxygens (including phenoxy) is 1. The maximum Gasteiger partial charge on any atom is 0.152 e. The number of nitrogens with zero attached hydrogens (tertiary/aromatic N) is 2. The second-order valence-electron chi connectivity index (χ2n) is 5.59. The van der Waals surface area contributed by atoms with Crippen molar-refractivity contribution in [2.75, 3.05) is 6.54 Å². The first-order chi connectivity index (χ1) is 9.24. The van der Waals surface area contributed by atoms with Gasteiger partial charge in [0.25, 0.3) is 0 Å².